The third-order valence-corrected chi connectivity index (χ3v) is 3.32. The van der Waals surface area contributed by atoms with Crippen molar-refractivity contribution in [2.45, 2.75) is 20.0 Å². The van der Waals surface area contributed by atoms with Crippen LogP contribution in [-0.2, 0) is 0 Å². The Morgan fingerprint density at radius 1 is 1.45 bits per heavy atom. The van der Waals surface area contributed by atoms with Crippen molar-refractivity contribution in [3.05, 3.63) is 41.5 Å². The van der Waals surface area contributed by atoms with Crippen molar-refractivity contribution in [1.82, 2.24) is 15.0 Å². The van der Waals surface area contributed by atoms with E-state index in [-0.39, 0.29) is 12.0 Å². The van der Waals surface area contributed by atoms with Crippen LogP contribution in [0, 0.1) is 13.8 Å². The van der Waals surface area contributed by atoms with Crippen LogP contribution in [-0.4, -0.2) is 40.1 Å². The summed E-state index contributed by atoms with van der Waals surface area (Å²) in [6.45, 7) is 4.65. The highest BCUT2D eigenvalue weighted by Gasteiger charge is 2.35. The van der Waals surface area contributed by atoms with E-state index in [0.29, 0.717) is 30.1 Å². The first-order chi connectivity index (χ1) is 9.65. The van der Waals surface area contributed by atoms with Gasteiger partial charge in [0, 0.05) is 6.20 Å². The number of carbonyl (C=O) groups is 1. The van der Waals surface area contributed by atoms with Gasteiger partial charge in [-0.25, -0.2) is 0 Å². The third kappa shape index (κ3) is 2.24. The number of ether oxygens (including phenoxy) is 1. The number of aryl methyl sites for hydroxylation is 2. The van der Waals surface area contributed by atoms with Crippen LogP contribution in [0.1, 0.15) is 21.8 Å². The summed E-state index contributed by atoms with van der Waals surface area (Å²) in [4.78, 5) is 18.0. The first-order valence-electron chi connectivity index (χ1n) is 6.44. The number of amides is 1. The number of rotatable bonds is 3. The van der Waals surface area contributed by atoms with Gasteiger partial charge in [-0.1, -0.05) is 5.16 Å². The molecule has 1 saturated heterocycles. The summed E-state index contributed by atoms with van der Waals surface area (Å²) >= 11 is 0. The standard InChI is InChI=1S/C14H15N3O3/c1-9-13(10(2)20-16-9)14(18)17-7-12(8-17)19-11-4-3-5-15-6-11/h3-6,12H,7-8H2,1-2H3. The second-order valence-electron chi connectivity index (χ2n) is 4.84. The first kappa shape index (κ1) is 12.7. The Labute approximate surface area is 116 Å². The van der Waals surface area contributed by atoms with Crippen molar-refractivity contribution in [2.24, 2.45) is 0 Å². The summed E-state index contributed by atoms with van der Waals surface area (Å²) in [5.74, 6) is 1.23. The lowest BCUT2D eigenvalue weighted by molar-refractivity contribution is 0.0175. The maximum absolute atomic E-state index is 12.3. The number of nitrogens with zero attached hydrogens (tertiary/aromatic N) is 3. The minimum absolute atomic E-state index is 0.0172. The number of carbonyl (C=O) groups excluding carboxylic acids is 1. The molecule has 1 amide bonds. The highest BCUT2D eigenvalue weighted by atomic mass is 16.5. The molecule has 1 aliphatic rings. The Morgan fingerprint density at radius 2 is 2.25 bits per heavy atom. The summed E-state index contributed by atoms with van der Waals surface area (Å²) < 4.78 is 10.7. The average Bonchev–Trinajstić information content (AvgIpc) is 2.73. The Bertz CT molecular complexity index is 598. The predicted molar refractivity (Wildman–Crippen MR) is 70.5 cm³/mol. The van der Waals surface area contributed by atoms with Gasteiger partial charge >= 0.3 is 0 Å². The SMILES string of the molecule is Cc1noc(C)c1C(=O)N1CC(Oc2cccnc2)C1. The molecule has 2 aromatic heterocycles. The second-order valence-corrected chi connectivity index (χ2v) is 4.84. The molecule has 0 unspecified atom stereocenters. The average molecular weight is 273 g/mol. The zero-order valence-electron chi connectivity index (χ0n) is 11.4. The van der Waals surface area contributed by atoms with Gasteiger partial charge in [0.25, 0.3) is 5.91 Å². The zero-order valence-corrected chi connectivity index (χ0v) is 11.4. The lowest BCUT2D eigenvalue weighted by Crippen LogP contribution is -2.56. The molecule has 3 heterocycles. The molecule has 20 heavy (non-hydrogen) atoms. The molecule has 104 valence electrons. The molecule has 1 aliphatic heterocycles. The number of likely N-dealkylation sites (tertiary alicyclic amines) is 1. The maximum Gasteiger partial charge on any atom is 0.259 e. The molecule has 0 N–H and O–H groups in total. The number of hydrogen-bond donors (Lipinski definition) is 0. The van der Waals surface area contributed by atoms with Gasteiger partial charge in [0.2, 0.25) is 0 Å². The molecule has 2 aromatic rings. The van der Waals surface area contributed by atoms with E-state index in [9.17, 15) is 4.79 Å². The Morgan fingerprint density at radius 3 is 2.85 bits per heavy atom. The van der Waals surface area contributed by atoms with Gasteiger partial charge in [0.05, 0.1) is 25.0 Å². The van der Waals surface area contributed by atoms with Gasteiger partial charge in [-0.05, 0) is 26.0 Å². The Hall–Kier alpha value is -2.37. The van der Waals surface area contributed by atoms with E-state index in [0.717, 1.165) is 5.75 Å². The third-order valence-electron chi connectivity index (χ3n) is 3.32. The second kappa shape index (κ2) is 4.96. The fraction of sp³-hybridized carbons (Fsp3) is 0.357. The lowest BCUT2D eigenvalue weighted by Gasteiger charge is -2.38. The van der Waals surface area contributed by atoms with Crippen molar-refractivity contribution in [3.63, 3.8) is 0 Å². The van der Waals surface area contributed by atoms with E-state index >= 15 is 0 Å². The summed E-state index contributed by atoms with van der Waals surface area (Å²) in [5, 5.41) is 3.80. The van der Waals surface area contributed by atoms with Crippen LogP contribution >= 0.6 is 0 Å². The van der Waals surface area contributed by atoms with E-state index in [1.165, 1.54) is 0 Å². The molecule has 0 spiro atoms. The van der Waals surface area contributed by atoms with Crippen LogP contribution in [0.2, 0.25) is 0 Å². The van der Waals surface area contributed by atoms with Crippen molar-refractivity contribution >= 4 is 5.91 Å². The van der Waals surface area contributed by atoms with Gasteiger partial charge in [0.1, 0.15) is 23.2 Å². The topological polar surface area (TPSA) is 68.5 Å². The van der Waals surface area contributed by atoms with Crippen LogP contribution in [0.15, 0.2) is 29.0 Å². The van der Waals surface area contributed by atoms with E-state index < -0.39 is 0 Å². The van der Waals surface area contributed by atoms with Crippen molar-refractivity contribution in [3.8, 4) is 5.75 Å². The quantitative estimate of drug-likeness (QED) is 0.849. The van der Waals surface area contributed by atoms with Crippen LogP contribution < -0.4 is 4.74 Å². The summed E-state index contributed by atoms with van der Waals surface area (Å²) in [7, 11) is 0. The summed E-state index contributed by atoms with van der Waals surface area (Å²) in [6.07, 6.45) is 3.38. The van der Waals surface area contributed by atoms with E-state index in [4.69, 9.17) is 9.26 Å². The number of pyridine rings is 1. The molecule has 0 bridgehead atoms. The van der Waals surface area contributed by atoms with Gasteiger partial charge in [-0.3, -0.25) is 9.78 Å². The molecule has 6 heteroatoms. The van der Waals surface area contributed by atoms with Crippen molar-refractivity contribution in [2.75, 3.05) is 13.1 Å². The zero-order chi connectivity index (χ0) is 14.1. The highest BCUT2D eigenvalue weighted by Crippen LogP contribution is 2.21. The van der Waals surface area contributed by atoms with E-state index in [1.54, 1.807) is 31.1 Å². The normalized spacial score (nSPS) is 15.0. The molecular formula is C14H15N3O3. The largest absolute Gasteiger partial charge is 0.485 e. The molecule has 0 aliphatic carbocycles. The monoisotopic (exact) mass is 273 g/mol. The minimum Gasteiger partial charge on any atom is -0.485 e. The lowest BCUT2D eigenvalue weighted by atomic mass is 10.1. The Balaban J connectivity index is 1.59. The Kier molecular flexibility index (Phi) is 3.14. The molecule has 3 rings (SSSR count). The molecular weight excluding hydrogens is 258 g/mol. The molecule has 0 radical (unpaired) electrons. The predicted octanol–water partition coefficient (Wildman–Crippen LogP) is 1.59. The van der Waals surface area contributed by atoms with Gasteiger partial charge in [-0.15, -0.1) is 0 Å². The minimum atomic E-state index is -0.0488. The number of hydrogen-bond acceptors (Lipinski definition) is 5. The fourth-order valence-corrected chi connectivity index (χ4v) is 2.23. The molecule has 0 atom stereocenters. The van der Waals surface area contributed by atoms with E-state index in [1.807, 2.05) is 12.1 Å². The highest BCUT2D eigenvalue weighted by molar-refractivity contribution is 5.96. The van der Waals surface area contributed by atoms with Crippen LogP contribution in [0.3, 0.4) is 0 Å². The van der Waals surface area contributed by atoms with Gasteiger partial charge in [0.15, 0.2) is 0 Å². The van der Waals surface area contributed by atoms with Gasteiger partial charge < -0.3 is 14.2 Å². The summed E-state index contributed by atoms with van der Waals surface area (Å²) in [5.41, 5.74) is 1.19. The molecule has 1 fully saturated rings. The number of aromatic nitrogens is 2. The van der Waals surface area contributed by atoms with E-state index in [2.05, 4.69) is 10.1 Å². The van der Waals surface area contributed by atoms with Crippen molar-refractivity contribution < 1.29 is 14.1 Å². The van der Waals surface area contributed by atoms with Crippen LogP contribution in [0.5, 0.6) is 5.75 Å². The molecule has 0 saturated carbocycles. The molecule has 0 aromatic carbocycles. The van der Waals surface area contributed by atoms with Crippen molar-refractivity contribution in [1.29, 1.82) is 0 Å². The first-order valence-corrected chi connectivity index (χ1v) is 6.44. The summed E-state index contributed by atoms with van der Waals surface area (Å²) in [6, 6.07) is 3.67. The molecule has 6 nitrogen and oxygen atoms in total. The fourth-order valence-electron chi connectivity index (χ4n) is 2.23. The smallest absolute Gasteiger partial charge is 0.259 e. The van der Waals surface area contributed by atoms with Crippen LogP contribution in [0.4, 0.5) is 0 Å². The maximum atomic E-state index is 12.3. The van der Waals surface area contributed by atoms with Gasteiger partial charge in [-0.2, -0.15) is 0 Å². The van der Waals surface area contributed by atoms with Crippen LogP contribution in [0.25, 0.3) is 0 Å².